The average molecular weight is 372 g/mol. The number of nitrogens with one attached hydrogen (secondary N) is 2. The van der Waals surface area contributed by atoms with Gasteiger partial charge in [0.2, 0.25) is 11.8 Å². The van der Waals surface area contributed by atoms with Crippen LogP contribution in [0, 0.1) is 6.92 Å². The van der Waals surface area contributed by atoms with Gasteiger partial charge in [-0.25, -0.2) is 4.79 Å². The van der Waals surface area contributed by atoms with Gasteiger partial charge >= 0.3 is 6.03 Å². The summed E-state index contributed by atoms with van der Waals surface area (Å²) in [5.41, 5.74) is 0.767. The Morgan fingerprint density at radius 1 is 1.27 bits per heavy atom. The molecule has 1 unspecified atom stereocenters. The van der Waals surface area contributed by atoms with Crippen LogP contribution in [0.3, 0.4) is 0 Å². The van der Waals surface area contributed by atoms with Crippen molar-refractivity contribution in [3.63, 3.8) is 0 Å². The summed E-state index contributed by atoms with van der Waals surface area (Å²) in [6, 6.07) is 8.20. The van der Waals surface area contributed by atoms with E-state index in [1.165, 1.54) is 4.88 Å². The summed E-state index contributed by atoms with van der Waals surface area (Å²) in [5, 5.41) is 4.79. The zero-order chi connectivity index (χ0) is 18.5. The van der Waals surface area contributed by atoms with Crippen LogP contribution in [0.2, 0.25) is 0 Å². The van der Waals surface area contributed by atoms with Gasteiger partial charge in [0, 0.05) is 22.4 Å². The number of rotatable bonds is 5. The number of imide groups is 1. The topological polar surface area (TPSA) is 91.4 Å². The van der Waals surface area contributed by atoms with E-state index in [2.05, 4.69) is 15.6 Å². The van der Waals surface area contributed by atoms with Gasteiger partial charge in [-0.1, -0.05) is 6.07 Å². The van der Waals surface area contributed by atoms with Gasteiger partial charge in [-0.3, -0.25) is 19.9 Å². The van der Waals surface area contributed by atoms with E-state index in [9.17, 15) is 14.4 Å². The molecular formula is C18H20N4O3S. The molecule has 3 heterocycles. The summed E-state index contributed by atoms with van der Waals surface area (Å²) in [6.45, 7) is 2.79. The van der Waals surface area contributed by atoms with Crippen LogP contribution in [-0.4, -0.2) is 33.8 Å². The van der Waals surface area contributed by atoms with Crippen LogP contribution in [-0.2, 0) is 22.7 Å². The van der Waals surface area contributed by atoms with Crippen molar-refractivity contribution < 1.29 is 14.4 Å². The van der Waals surface area contributed by atoms with E-state index >= 15 is 0 Å². The molecule has 1 aliphatic rings. The highest BCUT2D eigenvalue weighted by Crippen LogP contribution is 2.19. The molecule has 0 aromatic carbocycles. The zero-order valence-electron chi connectivity index (χ0n) is 14.4. The SMILES string of the molecule is Cc1ccc(CN(Cc2ccccn2)C(=O)C2CCC(=O)NC(=O)N2)s1. The van der Waals surface area contributed by atoms with Gasteiger partial charge in [-0.2, -0.15) is 0 Å². The number of amides is 4. The molecular weight excluding hydrogens is 352 g/mol. The first-order chi connectivity index (χ1) is 12.5. The van der Waals surface area contributed by atoms with E-state index in [1.807, 2.05) is 37.3 Å². The lowest BCUT2D eigenvalue weighted by atomic mass is 10.1. The molecule has 1 aliphatic heterocycles. The molecule has 136 valence electrons. The molecule has 0 spiro atoms. The zero-order valence-corrected chi connectivity index (χ0v) is 15.2. The molecule has 8 heteroatoms. The van der Waals surface area contributed by atoms with Crippen molar-refractivity contribution in [2.75, 3.05) is 0 Å². The summed E-state index contributed by atoms with van der Waals surface area (Å²) in [6.07, 6.45) is 2.09. The van der Waals surface area contributed by atoms with Crippen molar-refractivity contribution in [2.24, 2.45) is 0 Å². The number of pyridine rings is 1. The molecule has 4 amide bonds. The number of nitrogens with zero attached hydrogens (tertiary/aromatic N) is 2. The minimum atomic E-state index is -0.730. The van der Waals surface area contributed by atoms with Crippen LogP contribution in [0.5, 0.6) is 0 Å². The monoisotopic (exact) mass is 372 g/mol. The normalized spacial score (nSPS) is 17.2. The Hall–Kier alpha value is -2.74. The number of hydrogen-bond donors (Lipinski definition) is 2. The Kier molecular flexibility index (Phi) is 5.62. The quantitative estimate of drug-likeness (QED) is 0.839. The van der Waals surface area contributed by atoms with Gasteiger partial charge in [0.1, 0.15) is 6.04 Å². The molecule has 2 aromatic rings. The number of carbonyl (C=O) groups excluding carboxylic acids is 3. The van der Waals surface area contributed by atoms with Gasteiger partial charge < -0.3 is 10.2 Å². The number of hydrogen-bond acceptors (Lipinski definition) is 5. The Balaban J connectivity index is 1.79. The third-order valence-corrected chi connectivity index (χ3v) is 5.04. The number of carbonyl (C=O) groups is 3. The molecule has 1 atom stereocenters. The second-order valence-corrected chi connectivity index (χ2v) is 7.51. The average Bonchev–Trinajstić information content (AvgIpc) is 2.94. The lowest BCUT2D eigenvalue weighted by Crippen LogP contribution is -2.49. The maximum absolute atomic E-state index is 13.1. The van der Waals surface area contributed by atoms with Crippen LogP contribution in [0.4, 0.5) is 4.79 Å². The number of urea groups is 1. The second-order valence-electron chi connectivity index (χ2n) is 6.14. The molecule has 2 aromatic heterocycles. The molecule has 0 bridgehead atoms. The summed E-state index contributed by atoms with van der Waals surface area (Å²) in [5.74, 6) is -0.588. The largest absolute Gasteiger partial charge is 0.330 e. The van der Waals surface area contributed by atoms with Gasteiger partial charge in [0.25, 0.3) is 0 Å². The van der Waals surface area contributed by atoms with E-state index in [4.69, 9.17) is 0 Å². The van der Waals surface area contributed by atoms with Gasteiger partial charge in [-0.15, -0.1) is 11.3 Å². The van der Waals surface area contributed by atoms with Crippen LogP contribution < -0.4 is 10.6 Å². The van der Waals surface area contributed by atoms with E-state index in [0.717, 1.165) is 10.6 Å². The smallest absolute Gasteiger partial charge is 0.322 e. The molecule has 2 N–H and O–H groups in total. The molecule has 3 rings (SSSR count). The van der Waals surface area contributed by atoms with Crippen LogP contribution in [0.25, 0.3) is 0 Å². The van der Waals surface area contributed by atoms with E-state index < -0.39 is 12.1 Å². The standard InChI is InChI=1S/C18H20N4O3S/c1-12-5-6-14(26-12)11-22(10-13-4-2-3-9-19-13)17(24)15-7-8-16(23)21-18(25)20-15/h2-6,9,15H,7-8,10-11H2,1H3,(H2,20,21,23,25). The first kappa shape index (κ1) is 18.1. The highest BCUT2D eigenvalue weighted by atomic mass is 32.1. The van der Waals surface area contributed by atoms with Crippen molar-refractivity contribution >= 4 is 29.2 Å². The highest BCUT2D eigenvalue weighted by Gasteiger charge is 2.30. The van der Waals surface area contributed by atoms with E-state index in [1.54, 1.807) is 22.4 Å². The summed E-state index contributed by atoms with van der Waals surface area (Å²) in [7, 11) is 0. The molecule has 0 saturated carbocycles. The fourth-order valence-corrected chi connectivity index (χ4v) is 3.70. The van der Waals surface area contributed by atoms with Crippen LogP contribution in [0.1, 0.15) is 28.3 Å². The highest BCUT2D eigenvalue weighted by molar-refractivity contribution is 7.11. The summed E-state index contributed by atoms with van der Waals surface area (Å²) in [4.78, 5) is 44.5. The molecule has 1 fully saturated rings. The van der Waals surface area contributed by atoms with E-state index in [0.29, 0.717) is 13.1 Å². The minimum Gasteiger partial charge on any atom is -0.330 e. The maximum atomic E-state index is 13.1. The van der Waals surface area contributed by atoms with Crippen LogP contribution >= 0.6 is 11.3 Å². The second kappa shape index (κ2) is 8.09. The summed E-state index contributed by atoms with van der Waals surface area (Å²) >= 11 is 1.63. The third kappa shape index (κ3) is 4.66. The van der Waals surface area contributed by atoms with Gasteiger partial charge in [0.05, 0.1) is 18.8 Å². The lowest BCUT2D eigenvalue weighted by Gasteiger charge is -2.26. The first-order valence-electron chi connectivity index (χ1n) is 8.35. The van der Waals surface area contributed by atoms with Crippen molar-refractivity contribution in [2.45, 2.75) is 38.9 Å². The lowest BCUT2D eigenvalue weighted by molar-refractivity contribution is -0.134. The predicted octanol–water partition coefficient (Wildman–Crippen LogP) is 1.97. The van der Waals surface area contributed by atoms with Crippen molar-refractivity contribution in [3.8, 4) is 0 Å². The molecule has 0 aliphatic carbocycles. The molecule has 7 nitrogen and oxygen atoms in total. The first-order valence-corrected chi connectivity index (χ1v) is 9.17. The van der Waals surface area contributed by atoms with Gasteiger partial charge in [0.15, 0.2) is 0 Å². The Morgan fingerprint density at radius 3 is 2.81 bits per heavy atom. The van der Waals surface area contributed by atoms with Gasteiger partial charge in [-0.05, 0) is 37.6 Å². The molecule has 1 saturated heterocycles. The van der Waals surface area contributed by atoms with Crippen molar-refractivity contribution in [1.82, 2.24) is 20.5 Å². The van der Waals surface area contributed by atoms with E-state index in [-0.39, 0.29) is 24.7 Å². The van der Waals surface area contributed by atoms with Crippen molar-refractivity contribution in [3.05, 3.63) is 52.0 Å². The fourth-order valence-electron chi connectivity index (χ4n) is 2.79. The van der Waals surface area contributed by atoms with Crippen molar-refractivity contribution in [1.29, 1.82) is 0 Å². The Bertz CT molecular complexity index is 806. The third-order valence-electron chi connectivity index (χ3n) is 4.05. The summed E-state index contributed by atoms with van der Waals surface area (Å²) < 4.78 is 0. The Labute approximate surface area is 155 Å². The number of thiophene rings is 1. The molecule has 0 radical (unpaired) electrons. The van der Waals surface area contributed by atoms with Crippen LogP contribution in [0.15, 0.2) is 36.5 Å². The predicted molar refractivity (Wildman–Crippen MR) is 97.2 cm³/mol. The molecule has 26 heavy (non-hydrogen) atoms. The number of aryl methyl sites for hydroxylation is 1. The Morgan fingerprint density at radius 2 is 2.12 bits per heavy atom. The number of aromatic nitrogens is 1. The maximum Gasteiger partial charge on any atom is 0.322 e. The fraction of sp³-hybridized carbons (Fsp3) is 0.333. The minimum absolute atomic E-state index is 0.130.